The zero-order valence-electron chi connectivity index (χ0n) is 25.7. The van der Waals surface area contributed by atoms with Gasteiger partial charge in [0, 0.05) is 38.2 Å². The summed E-state index contributed by atoms with van der Waals surface area (Å²) in [4.78, 5) is 10.8. The lowest BCUT2D eigenvalue weighted by Gasteiger charge is -2.25. The zero-order valence-corrected chi connectivity index (χ0v) is 25.7. The molecule has 0 saturated heterocycles. The SMILES string of the molecule is c1ccc(-c2ccc3oc4ccccc4c3c2C2=NC(c3cccc4oc5ccccc5c34)NC(c3ccc4ccccc4c3)=N2)cc1. The number of fused-ring (bicyclic) bond motifs is 7. The molecule has 1 atom stereocenters. The summed E-state index contributed by atoms with van der Waals surface area (Å²) in [6, 6.07) is 52.1. The summed E-state index contributed by atoms with van der Waals surface area (Å²) in [7, 11) is 0. The van der Waals surface area contributed by atoms with Crippen LogP contribution in [0, 0.1) is 0 Å². The van der Waals surface area contributed by atoms with Gasteiger partial charge >= 0.3 is 0 Å². The van der Waals surface area contributed by atoms with Gasteiger partial charge in [0.05, 0.1) is 0 Å². The number of rotatable bonds is 4. The smallest absolute Gasteiger partial charge is 0.160 e. The van der Waals surface area contributed by atoms with Crippen LogP contribution in [0.5, 0.6) is 0 Å². The first-order valence-electron chi connectivity index (χ1n) is 16.1. The van der Waals surface area contributed by atoms with Crippen molar-refractivity contribution in [3.05, 3.63) is 168 Å². The van der Waals surface area contributed by atoms with Gasteiger partial charge < -0.3 is 14.2 Å². The average molecular weight is 618 g/mol. The van der Waals surface area contributed by atoms with Gasteiger partial charge in [-0.15, -0.1) is 0 Å². The van der Waals surface area contributed by atoms with Crippen LogP contribution in [0.4, 0.5) is 0 Å². The summed E-state index contributed by atoms with van der Waals surface area (Å²) in [5.74, 6) is 1.40. The number of benzene rings is 7. The van der Waals surface area contributed by atoms with Crippen LogP contribution in [0.25, 0.3) is 65.8 Å². The molecule has 0 bridgehead atoms. The fourth-order valence-corrected chi connectivity index (χ4v) is 7.14. The van der Waals surface area contributed by atoms with Crippen molar-refractivity contribution in [2.45, 2.75) is 6.17 Å². The van der Waals surface area contributed by atoms with Gasteiger partial charge in [-0.1, -0.05) is 115 Å². The molecule has 1 aliphatic rings. The zero-order chi connectivity index (χ0) is 31.6. The molecule has 226 valence electrons. The molecule has 48 heavy (non-hydrogen) atoms. The maximum Gasteiger partial charge on any atom is 0.160 e. The van der Waals surface area contributed by atoms with E-state index in [1.54, 1.807) is 0 Å². The Balaban J connectivity index is 1.28. The number of hydrogen-bond donors (Lipinski definition) is 1. The maximum atomic E-state index is 6.41. The summed E-state index contributed by atoms with van der Waals surface area (Å²) in [6.45, 7) is 0. The van der Waals surface area contributed by atoms with Crippen LogP contribution >= 0.6 is 0 Å². The molecule has 0 saturated carbocycles. The summed E-state index contributed by atoms with van der Waals surface area (Å²) >= 11 is 0. The monoisotopic (exact) mass is 617 g/mol. The van der Waals surface area contributed by atoms with E-state index < -0.39 is 6.17 Å². The van der Waals surface area contributed by atoms with Crippen LogP contribution in [0.15, 0.2) is 170 Å². The number of furan rings is 2. The first kappa shape index (κ1) is 26.7. The highest BCUT2D eigenvalue weighted by Crippen LogP contribution is 2.40. The van der Waals surface area contributed by atoms with E-state index in [1.165, 1.54) is 5.39 Å². The van der Waals surface area contributed by atoms with E-state index in [0.29, 0.717) is 5.84 Å². The van der Waals surface area contributed by atoms with Crippen molar-refractivity contribution < 1.29 is 8.83 Å². The lowest BCUT2D eigenvalue weighted by molar-refractivity contribution is 0.662. The number of para-hydroxylation sites is 2. The van der Waals surface area contributed by atoms with E-state index in [9.17, 15) is 0 Å². The molecule has 5 nitrogen and oxygen atoms in total. The van der Waals surface area contributed by atoms with Crippen molar-refractivity contribution in [1.29, 1.82) is 0 Å². The third kappa shape index (κ3) is 4.18. The normalized spacial score (nSPS) is 14.9. The van der Waals surface area contributed by atoms with Crippen molar-refractivity contribution in [2.24, 2.45) is 9.98 Å². The molecule has 5 heteroatoms. The van der Waals surface area contributed by atoms with Crippen molar-refractivity contribution in [3.8, 4) is 11.1 Å². The van der Waals surface area contributed by atoms with E-state index in [-0.39, 0.29) is 0 Å². The molecule has 7 aromatic carbocycles. The van der Waals surface area contributed by atoms with Gasteiger partial charge in [0.25, 0.3) is 0 Å². The number of hydrogen-bond acceptors (Lipinski definition) is 5. The molecule has 1 aliphatic heterocycles. The molecule has 0 spiro atoms. The van der Waals surface area contributed by atoms with E-state index in [2.05, 4.69) is 115 Å². The average Bonchev–Trinajstić information content (AvgIpc) is 3.73. The van der Waals surface area contributed by atoms with Crippen molar-refractivity contribution in [3.63, 3.8) is 0 Å². The fourth-order valence-electron chi connectivity index (χ4n) is 7.14. The quantitative estimate of drug-likeness (QED) is 0.214. The Hall–Kier alpha value is -6.46. The molecule has 0 fully saturated rings. The second kappa shape index (κ2) is 10.5. The van der Waals surface area contributed by atoms with Crippen LogP contribution in [-0.4, -0.2) is 11.7 Å². The summed E-state index contributed by atoms with van der Waals surface area (Å²) in [5.41, 5.74) is 8.39. The highest BCUT2D eigenvalue weighted by molar-refractivity contribution is 6.25. The second-order valence-corrected chi connectivity index (χ2v) is 12.2. The number of amidine groups is 2. The predicted molar refractivity (Wildman–Crippen MR) is 196 cm³/mol. The lowest BCUT2D eigenvalue weighted by atomic mass is 9.94. The number of aliphatic imine (C=N–C) groups is 2. The van der Waals surface area contributed by atoms with Crippen LogP contribution in [0.2, 0.25) is 0 Å². The molecule has 3 heterocycles. The van der Waals surface area contributed by atoms with Crippen molar-refractivity contribution in [2.75, 3.05) is 0 Å². The molecular weight excluding hydrogens is 590 g/mol. The van der Waals surface area contributed by atoms with E-state index in [0.717, 1.165) is 82.9 Å². The number of nitrogens with zero attached hydrogens (tertiary/aromatic N) is 2. The van der Waals surface area contributed by atoms with Crippen molar-refractivity contribution in [1.82, 2.24) is 5.32 Å². The van der Waals surface area contributed by atoms with Crippen LogP contribution in [0.1, 0.15) is 22.9 Å². The Labute approximate surface area is 275 Å². The minimum absolute atomic E-state index is 0.444. The Kier molecular flexibility index (Phi) is 5.87. The van der Waals surface area contributed by atoms with Crippen LogP contribution in [-0.2, 0) is 0 Å². The Morgan fingerprint density at radius 3 is 1.98 bits per heavy atom. The molecular formula is C43H27N3O2. The fraction of sp³-hybridized carbons (Fsp3) is 0.0233. The molecule has 1 unspecified atom stereocenters. The van der Waals surface area contributed by atoms with Gasteiger partial charge in [0.1, 0.15) is 34.3 Å². The Morgan fingerprint density at radius 1 is 0.500 bits per heavy atom. The third-order valence-corrected chi connectivity index (χ3v) is 9.35. The van der Waals surface area contributed by atoms with Gasteiger partial charge in [-0.25, -0.2) is 9.98 Å². The number of nitrogens with one attached hydrogen (secondary N) is 1. The van der Waals surface area contributed by atoms with E-state index in [4.69, 9.17) is 18.8 Å². The van der Waals surface area contributed by atoms with E-state index in [1.807, 2.05) is 42.5 Å². The Bertz CT molecular complexity index is 2770. The topological polar surface area (TPSA) is 63.0 Å². The summed E-state index contributed by atoms with van der Waals surface area (Å²) in [6.07, 6.45) is -0.444. The first-order valence-corrected chi connectivity index (χ1v) is 16.1. The largest absolute Gasteiger partial charge is 0.456 e. The first-order chi connectivity index (χ1) is 23.8. The minimum atomic E-state index is -0.444. The lowest BCUT2D eigenvalue weighted by Crippen LogP contribution is -2.33. The molecule has 0 amide bonds. The van der Waals surface area contributed by atoms with Gasteiger partial charge in [0.15, 0.2) is 5.84 Å². The molecule has 2 aromatic heterocycles. The molecule has 1 N–H and O–H groups in total. The summed E-state index contributed by atoms with van der Waals surface area (Å²) < 4.78 is 12.7. The molecule has 0 radical (unpaired) electrons. The predicted octanol–water partition coefficient (Wildman–Crippen LogP) is 10.8. The third-order valence-electron chi connectivity index (χ3n) is 9.35. The van der Waals surface area contributed by atoms with Crippen molar-refractivity contribution >= 4 is 66.3 Å². The van der Waals surface area contributed by atoms with Crippen LogP contribution in [0.3, 0.4) is 0 Å². The standard InChI is InChI=1S/C43H27N3O2/c1-2-12-27(13-3-1)30-23-24-37-39(32-16-7-9-19-35(32)48-37)40(30)43-45-41(29-22-21-26-11-4-5-14-28(26)25-29)44-42(46-43)33-17-10-20-36-38(33)31-15-6-8-18-34(31)47-36/h1-25,42H,(H,44,45,46). The molecule has 0 aliphatic carbocycles. The molecule has 10 rings (SSSR count). The highest BCUT2D eigenvalue weighted by atomic mass is 16.3. The van der Waals surface area contributed by atoms with Gasteiger partial charge in [-0.3, -0.25) is 0 Å². The molecule has 9 aromatic rings. The van der Waals surface area contributed by atoms with Crippen LogP contribution < -0.4 is 5.32 Å². The van der Waals surface area contributed by atoms with E-state index >= 15 is 0 Å². The minimum Gasteiger partial charge on any atom is -0.456 e. The highest BCUT2D eigenvalue weighted by Gasteiger charge is 2.28. The van der Waals surface area contributed by atoms with Gasteiger partial charge in [0.2, 0.25) is 0 Å². The second-order valence-electron chi connectivity index (χ2n) is 12.2. The van der Waals surface area contributed by atoms with Gasteiger partial charge in [-0.2, -0.15) is 0 Å². The maximum absolute atomic E-state index is 6.41. The Morgan fingerprint density at radius 2 is 1.17 bits per heavy atom. The summed E-state index contributed by atoms with van der Waals surface area (Å²) in [5, 5.41) is 10.2. The van der Waals surface area contributed by atoms with Gasteiger partial charge in [-0.05, 0) is 58.3 Å².